The van der Waals surface area contributed by atoms with E-state index in [1.54, 1.807) is 18.7 Å². The molecule has 0 atom stereocenters. The van der Waals surface area contributed by atoms with Crippen LogP contribution in [-0.4, -0.2) is 12.0 Å². The Morgan fingerprint density at radius 2 is 1.67 bits per heavy atom. The summed E-state index contributed by atoms with van der Waals surface area (Å²) in [6, 6.07) is 13.6. The molecule has 2 aromatic carbocycles. The van der Waals surface area contributed by atoms with Gasteiger partial charge < -0.3 is 0 Å². The van der Waals surface area contributed by atoms with Gasteiger partial charge in [0.25, 0.3) is 0 Å². The molecule has 0 fully saturated rings. The highest BCUT2D eigenvalue weighted by molar-refractivity contribution is 7.98. The number of halogens is 1. The van der Waals surface area contributed by atoms with Crippen molar-refractivity contribution in [3.8, 4) is 11.1 Å². The number of benzene rings is 2. The maximum Gasteiger partial charge on any atom is 0.160 e. The van der Waals surface area contributed by atoms with E-state index in [0.717, 1.165) is 26.6 Å². The van der Waals surface area contributed by atoms with E-state index in [-0.39, 0.29) is 5.78 Å². The van der Waals surface area contributed by atoms with Crippen LogP contribution in [0.2, 0.25) is 5.02 Å². The fourth-order valence-electron chi connectivity index (χ4n) is 1.80. The second-order valence-corrected chi connectivity index (χ2v) is 5.26. The number of ketones is 1. The van der Waals surface area contributed by atoms with Crippen molar-refractivity contribution >= 4 is 29.1 Å². The third kappa shape index (κ3) is 2.77. The number of rotatable bonds is 3. The predicted molar refractivity (Wildman–Crippen MR) is 78.7 cm³/mol. The molecule has 0 aliphatic rings. The third-order valence-electron chi connectivity index (χ3n) is 2.76. The van der Waals surface area contributed by atoms with Gasteiger partial charge in [0.2, 0.25) is 0 Å². The standard InChI is InChI=1S/C15H13ClOS/c1-10(17)14-8-5-12(9-15(14)18-2)11-3-6-13(16)7-4-11/h3-9H,1-2H3. The summed E-state index contributed by atoms with van der Waals surface area (Å²) in [7, 11) is 0. The zero-order valence-corrected chi connectivity index (χ0v) is 11.8. The first-order chi connectivity index (χ1) is 8.61. The maximum absolute atomic E-state index is 11.5. The van der Waals surface area contributed by atoms with Gasteiger partial charge in [0.05, 0.1) is 0 Å². The van der Waals surface area contributed by atoms with E-state index in [9.17, 15) is 4.79 Å². The first kappa shape index (κ1) is 13.2. The van der Waals surface area contributed by atoms with Crippen molar-refractivity contribution in [2.24, 2.45) is 0 Å². The van der Waals surface area contributed by atoms with E-state index in [1.165, 1.54) is 0 Å². The summed E-state index contributed by atoms with van der Waals surface area (Å²) in [5, 5.41) is 0.726. The van der Waals surface area contributed by atoms with Crippen molar-refractivity contribution in [1.82, 2.24) is 0 Å². The molecular weight excluding hydrogens is 264 g/mol. The first-order valence-corrected chi connectivity index (χ1v) is 7.17. The molecule has 3 heteroatoms. The second kappa shape index (κ2) is 5.59. The van der Waals surface area contributed by atoms with Crippen molar-refractivity contribution in [2.75, 3.05) is 6.26 Å². The van der Waals surface area contributed by atoms with Gasteiger partial charge in [-0.15, -0.1) is 11.8 Å². The molecule has 0 saturated heterocycles. The molecule has 1 nitrogen and oxygen atoms in total. The van der Waals surface area contributed by atoms with Crippen LogP contribution in [0.4, 0.5) is 0 Å². The quantitative estimate of drug-likeness (QED) is 0.584. The van der Waals surface area contributed by atoms with Crippen LogP contribution in [0.5, 0.6) is 0 Å². The molecule has 18 heavy (non-hydrogen) atoms. The first-order valence-electron chi connectivity index (χ1n) is 5.56. The average molecular weight is 277 g/mol. The van der Waals surface area contributed by atoms with Gasteiger partial charge in [0, 0.05) is 15.5 Å². The van der Waals surface area contributed by atoms with E-state index in [2.05, 4.69) is 0 Å². The van der Waals surface area contributed by atoms with Crippen molar-refractivity contribution in [3.05, 3.63) is 53.1 Å². The summed E-state index contributed by atoms with van der Waals surface area (Å²) < 4.78 is 0. The van der Waals surface area contributed by atoms with Crippen molar-refractivity contribution in [3.63, 3.8) is 0 Å². The van der Waals surface area contributed by atoms with E-state index >= 15 is 0 Å². The highest BCUT2D eigenvalue weighted by Crippen LogP contribution is 2.28. The van der Waals surface area contributed by atoms with Crippen LogP contribution in [0.25, 0.3) is 11.1 Å². The third-order valence-corrected chi connectivity index (χ3v) is 3.79. The predicted octanol–water partition coefficient (Wildman–Crippen LogP) is 4.93. The molecule has 0 radical (unpaired) electrons. The highest BCUT2D eigenvalue weighted by atomic mass is 35.5. The molecule has 0 bridgehead atoms. The molecule has 0 saturated carbocycles. The molecule has 0 amide bonds. The molecule has 2 rings (SSSR count). The number of carbonyl (C=O) groups is 1. The van der Waals surface area contributed by atoms with Gasteiger partial charge in [0.15, 0.2) is 5.78 Å². The van der Waals surface area contributed by atoms with Crippen LogP contribution in [0.15, 0.2) is 47.4 Å². The Morgan fingerprint density at radius 3 is 2.22 bits per heavy atom. The lowest BCUT2D eigenvalue weighted by atomic mass is 10.0. The minimum Gasteiger partial charge on any atom is -0.294 e. The molecular formula is C15H13ClOS. The summed E-state index contributed by atoms with van der Waals surface area (Å²) in [6.45, 7) is 1.59. The van der Waals surface area contributed by atoms with Gasteiger partial charge in [0.1, 0.15) is 0 Å². The topological polar surface area (TPSA) is 17.1 Å². The summed E-state index contributed by atoms with van der Waals surface area (Å²) >= 11 is 7.46. The van der Waals surface area contributed by atoms with E-state index < -0.39 is 0 Å². The van der Waals surface area contributed by atoms with Gasteiger partial charge in [-0.1, -0.05) is 29.8 Å². The molecule has 92 valence electrons. The largest absolute Gasteiger partial charge is 0.294 e. The smallest absolute Gasteiger partial charge is 0.160 e. The lowest BCUT2D eigenvalue weighted by Crippen LogP contribution is -1.95. The average Bonchev–Trinajstić information content (AvgIpc) is 2.38. The van der Waals surface area contributed by atoms with Crippen LogP contribution in [0.3, 0.4) is 0 Å². The Kier molecular flexibility index (Phi) is 4.10. The number of carbonyl (C=O) groups excluding carboxylic acids is 1. The molecule has 0 spiro atoms. The van der Waals surface area contributed by atoms with Gasteiger partial charge in [-0.05, 0) is 48.6 Å². The fourth-order valence-corrected chi connectivity index (χ4v) is 2.61. The van der Waals surface area contributed by atoms with Gasteiger partial charge >= 0.3 is 0 Å². The highest BCUT2D eigenvalue weighted by Gasteiger charge is 2.08. The van der Waals surface area contributed by atoms with Gasteiger partial charge in [-0.3, -0.25) is 4.79 Å². The van der Waals surface area contributed by atoms with Crippen molar-refractivity contribution in [2.45, 2.75) is 11.8 Å². The van der Waals surface area contributed by atoms with Gasteiger partial charge in [-0.2, -0.15) is 0 Å². The van der Waals surface area contributed by atoms with Crippen LogP contribution in [0, 0.1) is 0 Å². The number of thioether (sulfide) groups is 1. The summed E-state index contributed by atoms with van der Waals surface area (Å²) in [6.07, 6.45) is 1.98. The molecule has 0 heterocycles. The van der Waals surface area contributed by atoms with Crippen LogP contribution < -0.4 is 0 Å². The Hall–Kier alpha value is -1.25. The molecule has 0 aliphatic heterocycles. The Morgan fingerprint density at radius 1 is 1.06 bits per heavy atom. The van der Waals surface area contributed by atoms with Crippen molar-refractivity contribution in [1.29, 1.82) is 0 Å². The van der Waals surface area contributed by atoms with E-state index in [1.807, 2.05) is 48.7 Å². The van der Waals surface area contributed by atoms with Crippen molar-refractivity contribution < 1.29 is 4.79 Å². The summed E-state index contributed by atoms with van der Waals surface area (Å²) in [5.74, 6) is 0.0991. The minimum atomic E-state index is 0.0991. The summed E-state index contributed by atoms with van der Waals surface area (Å²) in [4.78, 5) is 12.5. The number of hydrogen-bond acceptors (Lipinski definition) is 2. The van der Waals surface area contributed by atoms with E-state index in [0.29, 0.717) is 0 Å². The Labute approximate surface area is 116 Å². The lowest BCUT2D eigenvalue weighted by Gasteiger charge is -2.08. The Balaban J connectivity index is 2.47. The molecule has 0 unspecified atom stereocenters. The zero-order valence-electron chi connectivity index (χ0n) is 10.2. The number of hydrogen-bond donors (Lipinski definition) is 0. The minimum absolute atomic E-state index is 0.0991. The van der Waals surface area contributed by atoms with Crippen LogP contribution in [-0.2, 0) is 0 Å². The van der Waals surface area contributed by atoms with E-state index in [4.69, 9.17) is 11.6 Å². The number of Topliss-reactive ketones (excluding diaryl/α,β-unsaturated/α-hetero) is 1. The molecule has 0 N–H and O–H groups in total. The molecule has 0 aromatic heterocycles. The van der Waals surface area contributed by atoms with Crippen LogP contribution in [0.1, 0.15) is 17.3 Å². The maximum atomic E-state index is 11.5. The molecule has 0 aliphatic carbocycles. The normalized spacial score (nSPS) is 10.4. The van der Waals surface area contributed by atoms with Crippen LogP contribution >= 0.6 is 23.4 Å². The second-order valence-electron chi connectivity index (χ2n) is 3.98. The summed E-state index contributed by atoms with van der Waals surface area (Å²) in [5.41, 5.74) is 2.98. The SMILES string of the molecule is CSc1cc(-c2ccc(Cl)cc2)ccc1C(C)=O. The lowest BCUT2D eigenvalue weighted by molar-refractivity contribution is 0.101. The Bertz CT molecular complexity index is 576. The fraction of sp³-hybridized carbons (Fsp3) is 0.133. The van der Waals surface area contributed by atoms with Gasteiger partial charge in [-0.25, -0.2) is 0 Å². The monoisotopic (exact) mass is 276 g/mol. The molecule has 2 aromatic rings. The zero-order chi connectivity index (χ0) is 13.1.